The first kappa shape index (κ1) is 25.1. The molecule has 1 aliphatic heterocycles. The van der Waals surface area contributed by atoms with Crippen LogP contribution in [0.15, 0.2) is 97.6 Å². The minimum absolute atomic E-state index is 0.0486. The van der Waals surface area contributed by atoms with E-state index in [0.29, 0.717) is 38.5 Å². The van der Waals surface area contributed by atoms with Crippen molar-refractivity contribution < 1.29 is 9.53 Å². The molecular formula is C32H28N6O2. The number of amides is 1. The van der Waals surface area contributed by atoms with Crippen molar-refractivity contribution in [2.75, 3.05) is 6.54 Å². The zero-order valence-corrected chi connectivity index (χ0v) is 22.0. The lowest BCUT2D eigenvalue weighted by Crippen LogP contribution is -2.39. The Balaban J connectivity index is 1.12. The summed E-state index contributed by atoms with van der Waals surface area (Å²) in [5.74, 6) is 1.69. The molecule has 0 aliphatic carbocycles. The van der Waals surface area contributed by atoms with Crippen LogP contribution in [0.5, 0.6) is 5.75 Å². The smallest absolute Gasteiger partial charge is 0.229 e. The number of hydrogen-bond acceptors (Lipinski definition) is 4. The van der Waals surface area contributed by atoms with Crippen LogP contribution >= 0.6 is 0 Å². The molecule has 1 amide bonds. The van der Waals surface area contributed by atoms with Crippen molar-refractivity contribution in [3.8, 4) is 17.0 Å². The van der Waals surface area contributed by atoms with Gasteiger partial charge in [-0.1, -0.05) is 66.7 Å². The van der Waals surface area contributed by atoms with E-state index in [2.05, 4.69) is 20.6 Å². The van der Waals surface area contributed by atoms with Gasteiger partial charge in [-0.25, -0.2) is 14.8 Å². The highest BCUT2D eigenvalue weighted by molar-refractivity contribution is 5.78. The zero-order chi connectivity index (χ0) is 27.3. The number of para-hydroxylation sites is 1. The summed E-state index contributed by atoms with van der Waals surface area (Å²) in [6.45, 7) is 9.97. The number of hydrogen-bond donors (Lipinski definition) is 0. The molecule has 8 nitrogen and oxygen atoms in total. The first-order valence-corrected chi connectivity index (χ1v) is 13.2. The van der Waals surface area contributed by atoms with Crippen LogP contribution in [0.1, 0.15) is 22.6 Å². The summed E-state index contributed by atoms with van der Waals surface area (Å²) in [4.78, 5) is 27.8. The summed E-state index contributed by atoms with van der Waals surface area (Å²) >= 11 is 0. The maximum absolute atomic E-state index is 13.3. The third-order valence-corrected chi connectivity index (χ3v) is 7.10. The van der Waals surface area contributed by atoms with Crippen LogP contribution in [-0.2, 0) is 37.5 Å². The Labute approximate surface area is 232 Å². The Morgan fingerprint density at radius 3 is 2.58 bits per heavy atom. The molecule has 0 atom stereocenters. The number of nitrogens with zero attached hydrogens (tertiary/aromatic N) is 6. The second kappa shape index (κ2) is 11.3. The molecule has 6 rings (SSSR count). The second-order valence-corrected chi connectivity index (χ2v) is 9.79. The normalized spacial score (nSPS) is 12.5. The van der Waals surface area contributed by atoms with Gasteiger partial charge < -0.3 is 18.8 Å². The molecule has 8 heteroatoms. The van der Waals surface area contributed by atoms with Crippen molar-refractivity contribution in [1.82, 2.24) is 24.0 Å². The molecule has 5 aromatic rings. The van der Waals surface area contributed by atoms with Gasteiger partial charge >= 0.3 is 0 Å². The standard InChI is InChI=1S/C32H28N6O2/c1-33-26-13-11-24(12-14-26)19-38-23-34-18-27(38)17-32(39)37-16-15-36-20-29(35-31(36)21-37)28-9-5-6-10-30(28)40-22-25-7-3-2-4-8-25/h2-14,18,20,23H,15-17,19,21-22H2. The Bertz CT molecular complexity index is 1660. The van der Waals surface area contributed by atoms with E-state index in [0.717, 1.165) is 39.7 Å². The number of carbonyl (C=O) groups is 1. The molecule has 0 saturated heterocycles. The lowest BCUT2D eigenvalue weighted by molar-refractivity contribution is -0.132. The van der Waals surface area contributed by atoms with Crippen LogP contribution < -0.4 is 4.74 Å². The van der Waals surface area contributed by atoms with Gasteiger partial charge in [0.05, 0.1) is 31.6 Å². The predicted molar refractivity (Wildman–Crippen MR) is 152 cm³/mol. The summed E-state index contributed by atoms with van der Waals surface area (Å²) in [5.41, 5.74) is 5.41. The van der Waals surface area contributed by atoms with Crippen LogP contribution in [0, 0.1) is 6.57 Å². The van der Waals surface area contributed by atoms with Gasteiger partial charge in [-0.3, -0.25) is 4.79 Å². The quantitative estimate of drug-likeness (QED) is 0.249. The van der Waals surface area contributed by atoms with Crippen molar-refractivity contribution in [2.45, 2.75) is 32.7 Å². The summed E-state index contributed by atoms with van der Waals surface area (Å²) in [7, 11) is 0. The highest BCUT2D eigenvalue weighted by atomic mass is 16.5. The van der Waals surface area contributed by atoms with E-state index in [-0.39, 0.29) is 12.3 Å². The average Bonchev–Trinajstić information content (AvgIpc) is 3.63. The van der Waals surface area contributed by atoms with Crippen molar-refractivity contribution in [3.63, 3.8) is 0 Å². The molecule has 0 radical (unpaired) electrons. The molecule has 0 fully saturated rings. The molecule has 0 bridgehead atoms. The highest BCUT2D eigenvalue weighted by Crippen LogP contribution is 2.31. The SMILES string of the molecule is [C-]#[N+]c1ccc(Cn2cncc2CC(=O)N2CCn3cc(-c4ccccc4OCc4ccccc4)nc3C2)cc1. The summed E-state index contributed by atoms with van der Waals surface area (Å²) < 4.78 is 10.3. The van der Waals surface area contributed by atoms with Gasteiger partial charge in [0.1, 0.15) is 18.2 Å². The lowest BCUT2D eigenvalue weighted by atomic mass is 10.1. The van der Waals surface area contributed by atoms with Crippen LogP contribution in [0.3, 0.4) is 0 Å². The van der Waals surface area contributed by atoms with E-state index in [1.54, 1.807) is 12.5 Å². The third-order valence-electron chi connectivity index (χ3n) is 7.10. The van der Waals surface area contributed by atoms with E-state index in [1.807, 2.05) is 88.3 Å². The summed E-state index contributed by atoms with van der Waals surface area (Å²) in [6.07, 6.45) is 5.82. The monoisotopic (exact) mass is 528 g/mol. The van der Waals surface area contributed by atoms with Gasteiger partial charge in [-0.2, -0.15) is 0 Å². The second-order valence-electron chi connectivity index (χ2n) is 9.79. The number of fused-ring (bicyclic) bond motifs is 1. The molecule has 198 valence electrons. The van der Waals surface area contributed by atoms with Crippen LogP contribution in [-0.4, -0.2) is 36.5 Å². The molecule has 0 saturated carbocycles. The van der Waals surface area contributed by atoms with Gasteiger partial charge in [0, 0.05) is 43.3 Å². The number of aromatic nitrogens is 4. The van der Waals surface area contributed by atoms with Gasteiger partial charge in [-0.15, -0.1) is 0 Å². The van der Waals surface area contributed by atoms with E-state index in [4.69, 9.17) is 16.3 Å². The van der Waals surface area contributed by atoms with Crippen LogP contribution in [0.2, 0.25) is 0 Å². The fourth-order valence-corrected chi connectivity index (χ4v) is 4.91. The topological polar surface area (TPSA) is 69.5 Å². The minimum atomic E-state index is 0.0486. The van der Waals surface area contributed by atoms with Gasteiger partial charge in [-0.05, 0) is 23.3 Å². The summed E-state index contributed by atoms with van der Waals surface area (Å²) in [5, 5.41) is 0. The Hall–Kier alpha value is -5.16. The molecule has 0 N–H and O–H groups in total. The number of carbonyl (C=O) groups excluding carboxylic acids is 1. The largest absolute Gasteiger partial charge is 0.488 e. The number of imidazole rings is 2. The first-order valence-electron chi connectivity index (χ1n) is 13.2. The molecule has 0 spiro atoms. The Morgan fingerprint density at radius 1 is 0.950 bits per heavy atom. The molecule has 1 aliphatic rings. The van der Waals surface area contributed by atoms with Gasteiger partial charge in [0.25, 0.3) is 0 Å². The van der Waals surface area contributed by atoms with E-state index in [1.165, 1.54) is 0 Å². The molecule has 2 aromatic heterocycles. The maximum Gasteiger partial charge on any atom is 0.229 e. The summed E-state index contributed by atoms with van der Waals surface area (Å²) in [6, 6.07) is 25.5. The van der Waals surface area contributed by atoms with Crippen molar-refractivity contribution in [2.24, 2.45) is 0 Å². The maximum atomic E-state index is 13.3. The van der Waals surface area contributed by atoms with Gasteiger partial charge in [0.2, 0.25) is 5.91 Å². The Kier molecular flexibility index (Phi) is 7.10. The lowest BCUT2D eigenvalue weighted by Gasteiger charge is -2.27. The van der Waals surface area contributed by atoms with E-state index < -0.39 is 0 Å². The first-order chi connectivity index (χ1) is 19.7. The highest BCUT2D eigenvalue weighted by Gasteiger charge is 2.24. The molecule has 40 heavy (non-hydrogen) atoms. The number of rotatable bonds is 8. The number of ether oxygens (including phenoxy) is 1. The van der Waals surface area contributed by atoms with Crippen molar-refractivity contribution in [1.29, 1.82) is 0 Å². The zero-order valence-electron chi connectivity index (χ0n) is 22.0. The van der Waals surface area contributed by atoms with Gasteiger partial charge in [0.15, 0.2) is 5.69 Å². The number of benzene rings is 3. The Morgan fingerprint density at radius 2 is 1.75 bits per heavy atom. The minimum Gasteiger partial charge on any atom is -0.488 e. The fourth-order valence-electron chi connectivity index (χ4n) is 4.91. The van der Waals surface area contributed by atoms with E-state index in [9.17, 15) is 4.79 Å². The van der Waals surface area contributed by atoms with Crippen LogP contribution in [0.4, 0.5) is 5.69 Å². The van der Waals surface area contributed by atoms with Crippen molar-refractivity contribution >= 4 is 11.6 Å². The molecule has 3 heterocycles. The van der Waals surface area contributed by atoms with E-state index >= 15 is 0 Å². The fraction of sp³-hybridized carbons (Fsp3) is 0.188. The van der Waals surface area contributed by atoms with Crippen molar-refractivity contribution in [3.05, 3.63) is 132 Å². The predicted octanol–water partition coefficient (Wildman–Crippen LogP) is 5.51. The van der Waals surface area contributed by atoms with Crippen LogP contribution in [0.25, 0.3) is 16.1 Å². The third kappa shape index (κ3) is 5.49. The molecule has 0 unspecified atom stereocenters. The average molecular weight is 529 g/mol. The molecular weight excluding hydrogens is 500 g/mol. The molecule has 3 aromatic carbocycles.